The number of aromatic nitrogens is 6. The number of anilines is 1. The number of aromatic amines is 1. The molecule has 0 saturated carbocycles. The molecule has 5 aromatic rings. The Balaban J connectivity index is 1.40. The van der Waals surface area contributed by atoms with Crippen LogP contribution < -0.4 is 10.5 Å². The van der Waals surface area contributed by atoms with Crippen molar-refractivity contribution in [2.24, 2.45) is 0 Å². The van der Waals surface area contributed by atoms with Crippen molar-refractivity contribution >= 4 is 37.6 Å². The van der Waals surface area contributed by atoms with Crippen molar-refractivity contribution in [3.05, 3.63) is 75.3 Å². The van der Waals surface area contributed by atoms with Crippen molar-refractivity contribution in [1.29, 1.82) is 0 Å². The van der Waals surface area contributed by atoms with Gasteiger partial charge in [-0.1, -0.05) is 35.1 Å². The van der Waals surface area contributed by atoms with Crippen LogP contribution in [-0.4, -0.2) is 61.3 Å². The summed E-state index contributed by atoms with van der Waals surface area (Å²) in [7, 11) is 0. The number of tetrazole rings is 1. The number of aryl methyl sites for hydroxylation is 2. The molecule has 0 aliphatic carbocycles. The lowest BCUT2D eigenvalue weighted by Gasteiger charge is -2.39. The first-order chi connectivity index (χ1) is 18.2. The smallest absolute Gasteiger partial charge is 0.253 e. The average Bonchev–Trinajstić information content (AvgIpc) is 3.53. The number of thiazole rings is 1. The van der Waals surface area contributed by atoms with E-state index in [1.807, 2.05) is 23.7 Å². The van der Waals surface area contributed by atoms with Crippen LogP contribution in [0.4, 0.5) is 5.13 Å². The molecule has 0 spiro atoms. The lowest BCUT2D eigenvalue weighted by atomic mass is 9.99. The van der Waals surface area contributed by atoms with Crippen molar-refractivity contribution in [3.8, 4) is 0 Å². The molecule has 10 heteroatoms. The maximum Gasteiger partial charge on any atom is 0.253 e. The Morgan fingerprint density at radius 1 is 1.03 bits per heavy atom. The first kappa shape index (κ1) is 24.7. The van der Waals surface area contributed by atoms with Crippen LogP contribution in [0, 0.1) is 13.8 Å². The Bertz CT molecular complexity index is 1650. The quantitative estimate of drug-likeness (QED) is 0.369. The van der Waals surface area contributed by atoms with E-state index in [0.717, 1.165) is 58.9 Å². The summed E-state index contributed by atoms with van der Waals surface area (Å²) in [6, 6.07) is 14.1. The first-order valence-corrected chi connectivity index (χ1v) is 13.8. The number of hydrogen-bond acceptors (Lipinski definition) is 8. The molecule has 196 valence electrons. The third-order valence-corrected chi connectivity index (χ3v) is 8.32. The molecule has 38 heavy (non-hydrogen) atoms. The van der Waals surface area contributed by atoms with Crippen LogP contribution in [0.2, 0.25) is 0 Å². The van der Waals surface area contributed by atoms with Crippen LogP contribution in [0.5, 0.6) is 0 Å². The van der Waals surface area contributed by atoms with Crippen LogP contribution in [0.25, 0.3) is 21.1 Å². The molecule has 0 bridgehead atoms. The molecule has 1 aliphatic heterocycles. The van der Waals surface area contributed by atoms with Gasteiger partial charge in [-0.05, 0) is 80.3 Å². The molecular weight excluding hydrogens is 496 g/mol. The molecule has 1 atom stereocenters. The lowest BCUT2D eigenvalue weighted by molar-refractivity contribution is 0.190. The summed E-state index contributed by atoms with van der Waals surface area (Å²) >= 11 is 1.72. The molecular formula is C28H32N8OS. The molecule has 6 rings (SSSR count). The van der Waals surface area contributed by atoms with Crippen LogP contribution in [0.15, 0.2) is 47.3 Å². The zero-order valence-electron chi connectivity index (χ0n) is 22.4. The van der Waals surface area contributed by atoms with Gasteiger partial charge in [0, 0.05) is 31.7 Å². The van der Waals surface area contributed by atoms with Gasteiger partial charge in [0.25, 0.3) is 5.56 Å². The van der Waals surface area contributed by atoms with Gasteiger partial charge >= 0.3 is 0 Å². The van der Waals surface area contributed by atoms with E-state index in [4.69, 9.17) is 4.98 Å². The molecule has 4 heterocycles. The second-order valence-corrected chi connectivity index (χ2v) is 12.1. The molecule has 0 amide bonds. The van der Waals surface area contributed by atoms with E-state index < -0.39 is 0 Å². The van der Waals surface area contributed by atoms with Crippen LogP contribution >= 0.6 is 11.3 Å². The molecule has 9 nitrogen and oxygen atoms in total. The van der Waals surface area contributed by atoms with Gasteiger partial charge in [-0.15, -0.1) is 5.10 Å². The Kier molecular flexibility index (Phi) is 6.03. The van der Waals surface area contributed by atoms with Crippen LogP contribution in [0.1, 0.15) is 49.3 Å². The van der Waals surface area contributed by atoms with Gasteiger partial charge in [0.15, 0.2) is 11.0 Å². The normalized spacial score (nSPS) is 16.0. The molecule has 1 saturated heterocycles. The number of rotatable bonds is 4. The highest BCUT2D eigenvalue weighted by molar-refractivity contribution is 7.22. The number of benzene rings is 2. The monoisotopic (exact) mass is 528 g/mol. The predicted molar refractivity (Wildman–Crippen MR) is 152 cm³/mol. The van der Waals surface area contributed by atoms with E-state index in [2.05, 4.69) is 88.3 Å². The second-order valence-electron chi connectivity index (χ2n) is 11.1. The van der Waals surface area contributed by atoms with Crippen molar-refractivity contribution in [1.82, 2.24) is 35.1 Å². The zero-order chi connectivity index (χ0) is 26.6. The van der Waals surface area contributed by atoms with Crippen LogP contribution in [0.3, 0.4) is 0 Å². The third-order valence-electron chi connectivity index (χ3n) is 7.22. The highest BCUT2D eigenvalue weighted by Gasteiger charge is 2.35. The maximum absolute atomic E-state index is 13.6. The summed E-state index contributed by atoms with van der Waals surface area (Å²) in [5.74, 6) is 0.681. The molecule has 1 fully saturated rings. The standard InChI is InChI=1S/C28H32N8OS/c1-17-14-18(2)23-19(15-17)16-20(26(37)30-23)24(25-31-32-33-36(25)28(3,4)5)34-10-12-35(13-11-34)27-29-21-8-6-7-9-22(21)38-27/h6-9,14-16,24H,10-13H2,1-5H3,(H,30,37)/t24-/m0/s1. The topological polar surface area (TPSA) is 95.8 Å². The largest absolute Gasteiger partial charge is 0.345 e. The van der Waals surface area contributed by atoms with Gasteiger partial charge in [0.1, 0.15) is 6.04 Å². The van der Waals surface area contributed by atoms with Gasteiger partial charge in [-0.2, -0.15) is 0 Å². The number of nitrogens with zero attached hydrogens (tertiary/aromatic N) is 7. The minimum Gasteiger partial charge on any atom is -0.345 e. The fourth-order valence-corrected chi connectivity index (χ4v) is 6.43. The van der Waals surface area contributed by atoms with Gasteiger partial charge in [0.2, 0.25) is 0 Å². The summed E-state index contributed by atoms with van der Waals surface area (Å²) < 4.78 is 3.04. The minimum absolute atomic E-state index is 0.105. The van der Waals surface area contributed by atoms with Gasteiger partial charge in [-0.25, -0.2) is 9.67 Å². The molecule has 1 N–H and O–H groups in total. The van der Waals surface area contributed by atoms with E-state index in [1.165, 1.54) is 4.70 Å². The number of piperazine rings is 1. The van der Waals surface area contributed by atoms with Crippen molar-refractivity contribution in [3.63, 3.8) is 0 Å². The van der Waals surface area contributed by atoms with E-state index in [0.29, 0.717) is 11.4 Å². The van der Waals surface area contributed by atoms with Gasteiger partial charge in [0.05, 0.1) is 21.3 Å². The third kappa shape index (κ3) is 4.37. The van der Waals surface area contributed by atoms with E-state index in [1.54, 1.807) is 11.3 Å². The van der Waals surface area contributed by atoms with Gasteiger partial charge < -0.3 is 9.88 Å². The highest BCUT2D eigenvalue weighted by Crippen LogP contribution is 2.33. The summed E-state index contributed by atoms with van der Waals surface area (Å²) in [6.07, 6.45) is 0. The number of nitrogens with one attached hydrogen (secondary N) is 1. The SMILES string of the molecule is Cc1cc(C)c2[nH]c(=O)c([C@@H](c3nnnn3C(C)(C)C)N3CCN(c4nc5ccccc5s4)CC3)cc2c1. The molecule has 1 aliphatic rings. The number of hydrogen-bond donors (Lipinski definition) is 1. The fraction of sp³-hybridized carbons (Fsp3) is 0.393. The van der Waals surface area contributed by atoms with Crippen molar-refractivity contribution < 1.29 is 0 Å². The summed E-state index contributed by atoms with van der Waals surface area (Å²) in [4.78, 5) is 26.3. The van der Waals surface area contributed by atoms with Crippen LogP contribution in [-0.2, 0) is 5.54 Å². The Morgan fingerprint density at radius 3 is 2.53 bits per heavy atom. The highest BCUT2D eigenvalue weighted by atomic mass is 32.1. The van der Waals surface area contributed by atoms with Gasteiger partial charge in [-0.3, -0.25) is 9.69 Å². The summed E-state index contributed by atoms with van der Waals surface area (Å²) in [6.45, 7) is 13.4. The van der Waals surface area contributed by atoms with Crippen molar-refractivity contribution in [2.45, 2.75) is 46.2 Å². The Hall–Kier alpha value is -3.63. The number of fused-ring (bicyclic) bond motifs is 2. The fourth-order valence-electron chi connectivity index (χ4n) is 5.42. The van der Waals surface area contributed by atoms with E-state index in [9.17, 15) is 4.79 Å². The zero-order valence-corrected chi connectivity index (χ0v) is 23.2. The number of H-pyrrole nitrogens is 1. The molecule has 2 aromatic carbocycles. The van der Waals surface area contributed by atoms with E-state index >= 15 is 0 Å². The maximum atomic E-state index is 13.6. The Morgan fingerprint density at radius 2 is 1.79 bits per heavy atom. The molecule has 0 unspecified atom stereocenters. The minimum atomic E-state index is -0.379. The second kappa shape index (κ2) is 9.28. The van der Waals surface area contributed by atoms with E-state index in [-0.39, 0.29) is 17.1 Å². The number of para-hydroxylation sites is 1. The Labute approximate surface area is 225 Å². The summed E-state index contributed by atoms with van der Waals surface area (Å²) in [5, 5.41) is 14.9. The summed E-state index contributed by atoms with van der Waals surface area (Å²) in [5.41, 5.74) is 4.35. The molecule has 0 radical (unpaired) electrons. The molecule has 3 aromatic heterocycles. The average molecular weight is 529 g/mol. The first-order valence-electron chi connectivity index (χ1n) is 13.0. The van der Waals surface area contributed by atoms with Crippen molar-refractivity contribution in [2.75, 3.05) is 31.1 Å². The number of pyridine rings is 1. The predicted octanol–water partition coefficient (Wildman–Crippen LogP) is 4.41. The lowest BCUT2D eigenvalue weighted by Crippen LogP contribution is -2.49.